The van der Waals surface area contributed by atoms with E-state index in [4.69, 9.17) is 0 Å². The molecule has 94 valence electrons. The Kier molecular flexibility index (Phi) is 3.64. The van der Waals surface area contributed by atoms with E-state index >= 15 is 0 Å². The van der Waals surface area contributed by atoms with Gasteiger partial charge >= 0.3 is 6.36 Å². The van der Waals surface area contributed by atoms with Gasteiger partial charge < -0.3 is 4.74 Å². The van der Waals surface area contributed by atoms with Crippen molar-refractivity contribution >= 4 is 6.29 Å². The largest absolute Gasteiger partial charge is 0.573 e. The Hall–Kier alpha value is -1.73. The van der Waals surface area contributed by atoms with Gasteiger partial charge in [0.15, 0.2) is 12.0 Å². The second-order valence-electron chi connectivity index (χ2n) is 3.04. The molecule has 0 aromatic carbocycles. The molecule has 0 bridgehead atoms. The van der Waals surface area contributed by atoms with E-state index in [9.17, 15) is 26.7 Å². The molecule has 1 aromatic heterocycles. The van der Waals surface area contributed by atoms with Crippen LogP contribution < -0.4 is 4.74 Å². The van der Waals surface area contributed by atoms with E-state index < -0.39 is 29.9 Å². The van der Waals surface area contributed by atoms with E-state index in [2.05, 4.69) is 9.72 Å². The summed E-state index contributed by atoms with van der Waals surface area (Å²) in [5.41, 5.74) is -1.75. The summed E-state index contributed by atoms with van der Waals surface area (Å²) in [7, 11) is 0. The summed E-state index contributed by atoms with van der Waals surface area (Å²) in [5, 5.41) is 0. The topological polar surface area (TPSA) is 39.2 Å². The standard InChI is InChI=1S/C9H6F5NO2/c1-4-2-6(17-9(12,13)14)5(3-16)15-7(4)8(10)11/h2-3,8H,1H3. The number of carbonyl (C=O) groups excluding carboxylic acids is 1. The van der Waals surface area contributed by atoms with Crippen molar-refractivity contribution in [3.05, 3.63) is 23.0 Å². The summed E-state index contributed by atoms with van der Waals surface area (Å²) >= 11 is 0. The van der Waals surface area contributed by atoms with Gasteiger partial charge in [0.25, 0.3) is 6.43 Å². The van der Waals surface area contributed by atoms with Gasteiger partial charge in [0.2, 0.25) is 0 Å². The lowest BCUT2D eigenvalue weighted by Gasteiger charge is -2.12. The smallest absolute Gasteiger partial charge is 0.403 e. The molecule has 0 aliphatic heterocycles. The normalized spacial score (nSPS) is 11.7. The minimum absolute atomic E-state index is 0.0770. The fourth-order valence-corrected chi connectivity index (χ4v) is 1.13. The molecule has 0 unspecified atom stereocenters. The van der Waals surface area contributed by atoms with Crippen molar-refractivity contribution in [3.63, 3.8) is 0 Å². The van der Waals surface area contributed by atoms with Gasteiger partial charge in [0, 0.05) is 0 Å². The Morgan fingerprint density at radius 3 is 2.41 bits per heavy atom. The fraction of sp³-hybridized carbons (Fsp3) is 0.333. The van der Waals surface area contributed by atoms with Crippen LogP contribution in [0.15, 0.2) is 6.07 Å². The Labute approximate surface area is 92.2 Å². The van der Waals surface area contributed by atoms with E-state index in [1.54, 1.807) is 0 Å². The highest BCUT2D eigenvalue weighted by Crippen LogP contribution is 2.29. The van der Waals surface area contributed by atoms with Crippen molar-refractivity contribution in [1.82, 2.24) is 4.98 Å². The van der Waals surface area contributed by atoms with Gasteiger partial charge in [0.05, 0.1) is 0 Å². The zero-order valence-electron chi connectivity index (χ0n) is 8.39. The fourth-order valence-electron chi connectivity index (χ4n) is 1.13. The molecule has 0 atom stereocenters. The number of aryl methyl sites for hydroxylation is 1. The van der Waals surface area contributed by atoms with Crippen LogP contribution in [0.5, 0.6) is 5.75 Å². The van der Waals surface area contributed by atoms with Crippen molar-refractivity contribution in [2.75, 3.05) is 0 Å². The maximum absolute atomic E-state index is 12.4. The minimum atomic E-state index is -5.02. The number of halogens is 5. The van der Waals surface area contributed by atoms with Crippen LogP contribution in [-0.4, -0.2) is 17.6 Å². The average Bonchev–Trinajstić information content (AvgIpc) is 2.14. The Morgan fingerprint density at radius 1 is 1.41 bits per heavy atom. The molecule has 0 fully saturated rings. The Bertz CT molecular complexity index is 430. The van der Waals surface area contributed by atoms with Crippen molar-refractivity contribution < 1.29 is 31.5 Å². The number of rotatable bonds is 3. The van der Waals surface area contributed by atoms with Crippen molar-refractivity contribution in [1.29, 1.82) is 0 Å². The molecule has 0 saturated heterocycles. The molecule has 1 aromatic rings. The van der Waals surface area contributed by atoms with Crippen LogP contribution in [-0.2, 0) is 0 Å². The number of aldehydes is 1. The van der Waals surface area contributed by atoms with Gasteiger partial charge in [-0.15, -0.1) is 13.2 Å². The monoisotopic (exact) mass is 255 g/mol. The summed E-state index contributed by atoms with van der Waals surface area (Å²) in [6, 6.07) is 0.700. The number of hydrogen-bond acceptors (Lipinski definition) is 3. The summed E-state index contributed by atoms with van der Waals surface area (Å²) in [6.45, 7) is 1.15. The molecule has 1 rings (SSSR count). The van der Waals surface area contributed by atoms with Gasteiger partial charge in [-0.1, -0.05) is 0 Å². The maximum Gasteiger partial charge on any atom is 0.573 e. The van der Waals surface area contributed by atoms with Gasteiger partial charge in [0.1, 0.15) is 11.4 Å². The number of hydrogen-bond donors (Lipinski definition) is 0. The third-order valence-corrected chi connectivity index (χ3v) is 1.79. The predicted octanol–water partition coefficient (Wildman–Crippen LogP) is 3.04. The van der Waals surface area contributed by atoms with Gasteiger partial charge in [-0.05, 0) is 18.6 Å². The van der Waals surface area contributed by atoms with Crippen LogP contribution in [0.3, 0.4) is 0 Å². The molecular weight excluding hydrogens is 249 g/mol. The first-order valence-corrected chi connectivity index (χ1v) is 4.25. The Morgan fingerprint density at radius 2 is 2.00 bits per heavy atom. The first-order valence-electron chi connectivity index (χ1n) is 4.25. The number of pyridine rings is 1. The van der Waals surface area contributed by atoms with Crippen LogP contribution in [0.1, 0.15) is 28.2 Å². The highest BCUT2D eigenvalue weighted by Gasteiger charge is 2.33. The SMILES string of the molecule is Cc1cc(OC(F)(F)F)c(C=O)nc1C(F)F. The molecule has 1 heterocycles. The van der Waals surface area contributed by atoms with E-state index in [1.165, 1.54) is 0 Å². The number of aromatic nitrogens is 1. The molecule has 3 nitrogen and oxygen atoms in total. The molecule has 0 aliphatic carbocycles. The zero-order valence-corrected chi connectivity index (χ0v) is 8.39. The third-order valence-electron chi connectivity index (χ3n) is 1.79. The lowest BCUT2D eigenvalue weighted by Crippen LogP contribution is -2.19. The first kappa shape index (κ1) is 13.3. The van der Waals surface area contributed by atoms with E-state index in [0.717, 1.165) is 6.92 Å². The number of alkyl halides is 5. The third kappa shape index (κ3) is 3.36. The summed E-state index contributed by atoms with van der Waals surface area (Å²) in [5.74, 6) is -0.894. The summed E-state index contributed by atoms with van der Waals surface area (Å²) in [6.07, 6.45) is -8.07. The quantitative estimate of drug-likeness (QED) is 0.615. The van der Waals surface area contributed by atoms with Crippen LogP contribution in [0, 0.1) is 6.92 Å². The summed E-state index contributed by atoms with van der Waals surface area (Å²) in [4.78, 5) is 13.6. The van der Waals surface area contributed by atoms with Crippen molar-refractivity contribution in [2.45, 2.75) is 19.7 Å². The molecule has 8 heteroatoms. The van der Waals surface area contributed by atoms with Crippen LogP contribution in [0.2, 0.25) is 0 Å². The van der Waals surface area contributed by atoms with Crippen molar-refractivity contribution in [3.8, 4) is 5.75 Å². The van der Waals surface area contributed by atoms with E-state index in [1.807, 2.05) is 0 Å². The molecule has 0 aliphatic rings. The molecule has 0 radical (unpaired) electrons. The molecule has 0 N–H and O–H groups in total. The minimum Gasteiger partial charge on any atom is -0.403 e. The highest BCUT2D eigenvalue weighted by atomic mass is 19.4. The lowest BCUT2D eigenvalue weighted by atomic mass is 10.2. The predicted molar refractivity (Wildman–Crippen MR) is 46.0 cm³/mol. The second-order valence-corrected chi connectivity index (χ2v) is 3.04. The van der Waals surface area contributed by atoms with E-state index in [0.29, 0.717) is 6.07 Å². The zero-order chi connectivity index (χ0) is 13.2. The average molecular weight is 255 g/mol. The highest BCUT2D eigenvalue weighted by molar-refractivity contribution is 5.76. The first-order chi connectivity index (χ1) is 7.74. The van der Waals surface area contributed by atoms with Crippen LogP contribution in [0.25, 0.3) is 0 Å². The molecule has 0 spiro atoms. The van der Waals surface area contributed by atoms with Gasteiger partial charge in [-0.3, -0.25) is 4.79 Å². The van der Waals surface area contributed by atoms with E-state index in [-0.39, 0.29) is 11.8 Å². The van der Waals surface area contributed by atoms with Gasteiger partial charge in [-0.2, -0.15) is 0 Å². The molecule has 0 amide bonds. The number of nitrogens with zero attached hydrogens (tertiary/aromatic N) is 1. The van der Waals surface area contributed by atoms with Crippen LogP contribution >= 0.6 is 0 Å². The number of carbonyl (C=O) groups is 1. The molecule has 0 saturated carbocycles. The Balaban J connectivity index is 3.24. The lowest BCUT2D eigenvalue weighted by molar-refractivity contribution is -0.274. The second kappa shape index (κ2) is 4.64. The number of ether oxygens (including phenoxy) is 1. The molecule has 17 heavy (non-hydrogen) atoms. The van der Waals surface area contributed by atoms with Gasteiger partial charge in [-0.25, -0.2) is 13.8 Å². The maximum atomic E-state index is 12.4. The summed E-state index contributed by atoms with van der Waals surface area (Å²) < 4.78 is 64.0. The van der Waals surface area contributed by atoms with Crippen molar-refractivity contribution in [2.24, 2.45) is 0 Å². The van der Waals surface area contributed by atoms with Crippen LogP contribution in [0.4, 0.5) is 22.0 Å². The molecular formula is C9H6F5NO2.